The molecule has 0 aliphatic rings. The molecule has 0 saturated heterocycles. The molecule has 1 rings (SSSR count). The van der Waals surface area contributed by atoms with Gasteiger partial charge in [0, 0.05) is 12.1 Å². The number of benzene rings is 1. The molecule has 0 heterocycles. The molecule has 0 spiro atoms. The van der Waals surface area contributed by atoms with Crippen molar-refractivity contribution in [1.29, 1.82) is 0 Å². The van der Waals surface area contributed by atoms with E-state index in [9.17, 15) is 14.9 Å². The summed E-state index contributed by atoms with van der Waals surface area (Å²) in [6.45, 7) is 3.38. The van der Waals surface area contributed by atoms with Gasteiger partial charge in [-0.2, -0.15) is 0 Å². The van der Waals surface area contributed by atoms with Crippen LogP contribution < -0.4 is 4.74 Å². The van der Waals surface area contributed by atoms with Gasteiger partial charge < -0.3 is 4.74 Å². The van der Waals surface area contributed by atoms with E-state index >= 15 is 0 Å². The molecule has 0 bridgehead atoms. The minimum atomic E-state index is -0.601. The maximum atomic E-state index is 11.2. The molecule has 0 atom stereocenters. The second-order valence-electron chi connectivity index (χ2n) is 3.45. The first-order valence-electron chi connectivity index (χ1n) is 4.57. The fourth-order valence-electron chi connectivity index (χ4n) is 0.933. The average Bonchev–Trinajstić information content (AvgIpc) is 2.16. The van der Waals surface area contributed by atoms with Crippen molar-refractivity contribution in [2.24, 2.45) is 5.92 Å². The van der Waals surface area contributed by atoms with E-state index in [1.807, 2.05) is 0 Å². The molecule has 6 heteroatoms. The molecular formula is C10H10ClNO4. The Bertz CT molecular complexity index is 431. The van der Waals surface area contributed by atoms with Crippen molar-refractivity contribution in [2.45, 2.75) is 13.8 Å². The van der Waals surface area contributed by atoms with Crippen molar-refractivity contribution in [2.75, 3.05) is 0 Å². The first kappa shape index (κ1) is 12.4. The fourth-order valence-corrected chi connectivity index (χ4v) is 1.17. The van der Waals surface area contributed by atoms with Crippen molar-refractivity contribution < 1.29 is 14.5 Å². The number of nitro benzene ring substituents is 1. The molecule has 16 heavy (non-hydrogen) atoms. The smallest absolute Gasteiger partial charge is 0.313 e. The van der Waals surface area contributed by atoms with Gasteiger partial charge in [-0.3, -0.25) is 14.9 Å². The number of esters is 1. The van der Waals surface area contributed by atoms with Gasteiger partial charge in [-0.1, -0.05) is 25.4 Å². The van der Waals surface area contributed by atoms with Crippen LogP contribution in [0.4, 0.5) is 5.69 Å². The summed E-state index contributed by atoms with van der Waals surface area (Å²) < 4.78 is 4.95. The second-order valence-corrected chi connectivity index (χ2v) is 3.85. The number of nitro groups is 1. The summed E-state index contributed by atoms with van der Waals surface area (Å²) in [7, 11) is 0. The summed E-state index contributed by atoms with van der Waals surface area (Å²) in [5.74, 6) is -0.479. The highest BCUT2D eigenvalue weighted by Crippen LogP contribution is 2.28. The summed E-state index contributed by atoms with van der Waals surface area (Å²) in [6.07, 6.45) is 0. The molecule has 86 valence electrons. The van der Waals surface area contributed by atoms with Crippen LogP contribution >= 0.6 is 11.6 Å². The standard InChI is InChI=1S/C10H10ClNO4/c1-6(2)10(13)16-7-3-4-9(12(14)15)8(11)5-7/h3-6H,1-2H3. The minimum Gasteiger partial charge on any atom is -0.426 e. The Morgan fingerprint density at radius 2 is 2.12 bits per heavy atom. The molecule has 0 unspecified atom stereocenters. The quantitative estimate of drug-likeness (QED) is 0.354. The van der Waals surface area contributed by atoms with E-state index < -0.39 is 10.9 Å². The Morgan fingerprint density at radius 1 is 1.50 bits per heavy atom. The zero-order valence-electron chi connectivity index (χ0n) is 8.77. The third-order valence-electron chi connectivity index (χ3n) is 1.81. The molecule has 0 N–H and O–H groups in total. The summed E-state index contributed by atoms with van der Waals surface area (Å²) >= 11 is 5.65. The van der Waals surface area contributed by atoms with Gasteiger partial charge in [0.25, 0.3) is 5.69 Å². The third-order valence-corrected chi connectivity index (χ3v) is 2.11. The molecule has 1 aromatic rings. The Morgan fingerprint density at radius 3 is 2.56 bits per heavy atom. The average molecular weight is 244 g/mol. The van der Waals surface area contributed by atoms with Crippen LogP contribution in [0.2, 0.25) is 5.02 Å². The van der Waals surface area contributed by atoms with E-state index in [1.165, 1.54) is 18.2 Å². The molecule has 0 amide bonds. The Labute approximate surface area is 97.1 Å². The highest BCUT2D eigenvalue weighted by molar-refractivity contribution is 6.32. The van der Waals surface area contributed by atoms with Gasteiger partial charge in [0.15, 0.2) is 0 Å². The van der Waals surface area contributed by atoms with Gasteiger partial charge in [-0.15, -0.1) is 0 Å². The van der Waals surface area contributed by atoms with E-state index in [0.29, 0.717) is 0 Å². The van der Waals surface area contributed by atoms with Crippen LogP contribution in [0.1, 0.15) is 13.8 Å². The largest absolute Gasteiger partial charge is 0.426 e. The first-order valence-corrected chi connectivity index (χ1v) is 4.95. The van der Waals surface area contributed by atoms with Gasteiger partial charge in [-0.25, -0.2) is 0 Å². The predicted molar refractivity (Wildman–Crippen MR) is 58.6 cm³/mol. The molecule has 1 aromatic carbocycles. The number of ether oxygens (including phenoxy) is 1. The minimum absolute atomic E-state index is 0.0564. The second kappa shape index (κ2) is 4.94. The zero-order valence-corrected chi connectivity index (χ0v) is 9.52. The molecule has 0 aliphatic heterocycles. The van der Waals surface area contributed by atoms with Crippen LogP contribution in [-0.2, 0) is 4.79 Å². The lowest BCUT2D eigenvalue weighted by atomic mass is 10.2. The number of hydrogen-bond donors (Lipinski definition) is 0. The Hall–Kier alpha value is -1.62. The Kier molecular flexibility index (Phi) is 3.84. The number of nitrogens with zero attached hydrogens (tertiary/aromatic N) is 1. The number of halogens is 1. The lowest BCUT2D eigenvalue weighted by Gasteiger charge is -2.06. The summed E-state index contributed by atoms with van der Waals surface area (Å²) in [5.41, 5.74) is -0.217. The highest BCUT2D eigenvalue weighted by Gasteiger charge is 2.15. The fraction of sp³-hybridized carbons (Fsp3) is 0.300. The topological polar surface area (TPSA) is 69.4 Å². The van der Waals surface area contributed by atoms with E-state index in [-0.39, 0.29) is 22.4 Å². The van der Waals surface area contributed by atoms with Crippen LogP contribution in [0.5, 0.6) is 5.75 Å². The molecule has 0 saturated carbocycles. The lowest BCUT2D eigenvalue weighted by Crippen LogP contribution is -2.14. The number of rotatable bonds is 3. The van der Waals surface area contributed by atoms with Gasteiger partial charge >= 0.3 is 5.97 Å². The summed E-state index contributed by atoms with van der Waals surface area (Å²) in [6, 6.07) is 3.79. The highest BCUT2D eigenvalue weighted by atomic mass is 35.5. The molecule has 0 fully saturated rings. The normalized spacial score (nSPS) is 10.2. The number of hydrogen-bond acceptors (Lipinski definition) is 4. The number of carbonyl (C=O) groups excluding carboxylic acids is 1. The Balaban J connectivity index is 2.90. The van der Waals surface area contributed by atoms with Crippen molar-refractivity contribution >= 4 is 23.3 Å². The molecule has 0 aliphatic carbocycles. The predicted octanol–water partition coefficient (Wildman–Crippen LogP) is 2.81. The van der Waals surface area contributed by atoms with Gasteiger partial charge in [0.1, 0.15) is 10.8 Å². The van der Waals surface area contributed by atoms with Crippen LogP contribution in [0.3, 0.4) is 0 Å². The van der Waals surface area contributed by atoms with Crippen LogP contribution in [0, 0.1) is 16.0 Å². The maximum Gasteiger partial charge on any atom is 0.313 e. The SMILES string of the molecule is CC(C)C(=O)Oc1ccc([N+](=O)[O-])c(Cl)c1. The molecule has 5 nitrogen and oxygen atoms in total. The monoisotopic (exact) mass is 243 g/mol. The van der Waals surface area contributed by atoms with Gasteiger partial charge in [0.05, 0.1) is 10.8 Å². The van der Waals surface area contributed by atoms with Crippen molar-refractivity contribution in [3.8, 4) is 5.75 Å². The molecular weight excluding hydrogens is 234 g/mol. The van der Waals surface area contributed by atoms with Gasteiger partial charge in [-0.05, 0) is 6.07 Å². The van der Waals surface area contributed by atoms with Crippen molar-refractivity contribution in [3.63, 3.8) is 0 Å². The third kappa shape index (κ3) is 2.93. The van der Waals surface area contributed by atoms with Crippen molar-refractivity contribution in [3.05, 3.63) is 33.3 Å². The first-order chi connectivity index (χ1) is 7.41. The van der Waals surface area contributed by atoms with E-state index in [0.717, 1.165) is 0 Å². The molecule has 0 aromatic heterocycles. The van der Waals surface area contributed by atoms with Gasteiger partial charge in [0.2, 0.25) is 0 Å². The van der Waals surface area contributed by atoms with E-state index in [2.05, 4.69) is 0 Å². The summed E-state index contributed by atoms with van der Waals surface area (Å²) in [5, 5.41) is 10.4. The zero-order chi connectivity index (χ0) is 12.3. The van der Waals surface area contributed by atoms with Crippen LogP contribution in [0.25, 0.3) is 0 Å². The number of carbonyl (C=O) groups is 1. The van der Waals surface area contributed by atoms with E-state index in [1.54, 1.807) is 13.8 Å². The van der Waals surface area contributed by atoms with Crippen LogP contribution in [0.15, 0.2) is 18.2 Å². The maximum absolute atomic E-state index is 11.2. The molecule has 0 radical (unpaired) electrons. The lowest BCUT2D eigenvalue weighted by molar-refractivity contribution is -0.384. The van der Waals surface area contributed by atoms with Crippen LogP contribution in [-0.4, -0.2) is 10.9 Å². The summed E-state index contributed by atoms with van der Waals surface area (Å²) in [4.78, 5) is 21.1. The van der Waals surface area contributed by atoms with E-state index in [4.69, 9.17) is 16.3 Å². The van der Waals surface area contributed by atoms with Crippen molar-refractivity contribution in [1.82, 2.24) is 0 Å².